The summed E-state index contributed by atoms with van der Waals surface area (Å²) in [5.41, 5.74) is -0.217. The molecule has 8 heteroatoms. The first-order chi connectivity index (χ1) is 13.9. The molecule has 0 saturated carbocycles. The largest absolute Gasteiger partial charge is 0.507 e. The number of hydrogen-bond acceptors (Lipinski definition) is 5. The lowest BCUT2D eigenvalue weighted by atomic mass is 9.95. The van der Waals surface area contributed by atoms with Gasteiger partial charge in [0.05, 0.1) is 11.6 Å². The van der Waals surface area contributed by atoms with Gasteiger partial charge in [0, 0.05) is 17.2 Å². The Bertz CT molecular complexity index is 1150. The van der Waals surface area contributed by atoms with Gasteiger partial charge in [-0.05, 0) is 37.3 Å². The third-order valence-electron chi connectivity index (χ3n) is 4.62. The molecule has 1 atom stereocenters. The van der Waals surface area contributed by atoms with Gasteiger partial charge in [0.15, 0.2) is 5.82 Å². The van der Waals surface area contributed by atoms with E-state index in [1.807, 2.05) is 0 Å². The fraction of sp³-hybridized carbons (Fsp3) is 0.0952. The number of Topliss-reactive ketones (excluding diaryl/α,β-unsaturated/α-hetero) is 1. The van der Waals surface area contributed by atoms with E-state index in [1.54, 1.807) is 13.0 Å². The maximum atomic E-state index is 14.6. The second-order valence-corrected chi connectivity index (χ2v) is 6.49. The lowest BCUT2D eigenvalue weighted by molar-refractivity contribution is -0.132. The van der Waals surface area contributed by atoms with Crippen LogP contribution in [0.4, 0.5) is 14.6 Å². The maximum Gasteiger partial charge on any atom is 0.301 e. The van der Waals surface area contributed by atoms with Crippen molar-refractivity contribution in [3.8, 4) is 0 Å². The lowest BCUT2D eigenvalue weighted by Gasteiger charge is -2.23. The minimum Gasteiger partial charge on any atom is -0.507 e. The third kappa shape index (κ3) is 3.08. The number of hydrogen-bond donors (Lipinski definition) is 1. The van der Waals surface area contributed by atoms with Crippen molar-refractivity contribution in [1.29, 1.82) is 0 Å². The molecule has 1 N–H and O–H groups in total. The number of anilines is 1. The van der Waals surface area contributed by atoms with Crippen LogP contribution in [0.3, 0.4) is 0 Å². The summed E-state index contributed by atoms with van der Waals surface area (Å²) in [5.74, 6) is -3.36. The van der Waals surface area contributed by atoms with Crippen LogP contribution >= 0.6 is 0 Å². The molecule has 0 radical (unpaired) electrons. The first-order valence-electron chi connectivity index (χ1n) is 8.63. The Morgan fingerprint density at radius 2 is 1.79 bits per heavy atom. The van der Waals surface area contributed by atoms with Gasteiger partial charge in [0.2, 0.25) is 0 Å². The van der Waals surface area contributed by atoms with Crippen LogP contribution in [0, 0.1) is 18.6 Å². The summed E-state index contributed by atoms with van der Waals surface area (Å²) in [7, 11) is 0. The van der Waals surface area contributed by atoms with Crippen molar-refractivity contribution in [2.75, 3.05) is 4.90 Å². The van der Waals surface area contributed by atoms with Crippen LogP contribution < -0.4 is 4.90 Å². The van der Waals surface area contributed by atoms with E-state index in [2.05, 4.69) is 5.16 Å². The van der Waals surface area contributed by atoms with Crippen LogP contribution in [0.2, 0.25) is 0 Å². The van der Waals surface area contributed by atoms with Gasteiger partial charge in [-0.3, -0.25) is 14.5 Å². The molecule has 29 heavy (non-hydrogen) atoms. The molecule has 1 aliphatic rings. The first-order valence-corrected chi connectivity index (χ1v) is 8.63. The topological polar surface area (TPSA) is 83.6 Å². The molecule has 1 aliphatic heterocycles. The molecule has 2 heterocycles. The van der Waals surface area contributed by atoms with Gasteiger partial charge < -0.3 is 9.63 Å². The zero-order chi connectivity index (χ0) is 20.7. The van der Waals surface area contributed by atoms with Crippen LogP contribution in [-0.2, 0) is 9.59 Å². The van der Waals surface area contributed by atoms with Crippen molar-refractivity contribution in [2.45, 2.75) is 13.0 Å². The highest BCUT2D eigenvalue weighted by Gasteiger charge is 2.48. The summed E-state index contributed by atoms with van der Waals surface area (Å²) in [6.07, 6.45) is 0. The summed E-state index contributed by atoms with van der Waals surface area (Å²) in [6, 6.07) is 10.5. The Morgan fingerprint density at radius 1 is 1.10 bits per heavy atom. The van der Waals surface area contributed by atoms with E-state index in [0.717, 1.165) is 17.0 Å². The zero-order valence-electron chi connectivity index (χ0n) is 15.1. The number of amides is 1. The minimum absolute atomic E-state index is 0.00369. The molecule has 3 aromatic rings. The molecule has 1 saturated heterocycles. The first kappa shape index (κ1) is 18.5. The van der Waals surface area contributed by atoms with E-state index >= 15 is 0 Å². The highest BCUT2D eigenvalue weighted by Crippen LogP contribution is 2.42. The highest BCUT2D eigenvalue weighted by molar-refractivity contribution is 6.51. The van der Waals surface area contributed by atoms with E-state index in [4.69, 9.17) is 4.52 Å². The molecule has 0 spiro atoms. The van der Waals surface area contributed by atoms with E-state index in [0.29, 0.717) is 5.76 Å². The van der Waals surface area contributed by atoms with Crippen LogP contribution in [0.15, 0.2) is 64.7 Å². The van der Waals surface area contributed by atoms with Gasteiger partial charge in [-0.15, -0.1) is 0 Å². The number of aromatic nitrogens is 1. The summed E-state index contributed by atoms with van der Waals surface area (Å²) in [5, 5.41) is 14.6. The molecule has 0 aliphatic carbocycles. The van der Waals surface area contributed by atoms with Crippen molar-refractivity contribution in [2.24, 2.45) is 0 Å². The van der Waals surface area contributed by atoms with Gasteiger partial charge in [0.1, 0.15) is 23.2 Å². The predicted molar refractivity (Wildman–Crippen MR) is 98.8 cm³/mol. The monoisotopic (exact) mass is 396 g/mol. The van der Waals surface area contributed by atoms with E-state index in [1.165, 1.54) is 36.4 Å². The summed E-state index contributed by atoms with van der Waals surface area (Å²) in [6.45, 7) is 1.60. The number of nitrogens with zero attached hydrogens (tertiary/aromatic N) is 2. The fourth-order valence-corrected chi connectivity index (χ4v) is 3.29. The lowest BCUT2D eigenvalue weighted by Crippen LogP contribution is -2.30. The van der Waals surface area contributed by atoms with E-state index < -0.39 is 35.1 Å². The van der Waals surface area contributed by atoms with Crippen LogP contribution in [0.1, 0.15) is 22.9 Å². The van der Waals surface area contributed by atoms with Crippen LogP contribution in [0.5, 0.6) is 0 Å². The fourth-order valence-electron chi connectivity index (χ4n) is 3.29. The van der Waals surface area contributed by atoms with Crippen LogP contribution in [-0.4, -0.2) is 22.0 Å². The molecular weight excluding hydrogens is 382 g/mol. The summed E-state index contributed by atoms with van der Waals surface area (Å²) >= 11 is 0. The average molecular weight is 396 g/mol. The average Bonchev–Trinajstić information content (AvgIpc) is 3.23. The number of ketones is 1. The van der Waals surface area contributed by atoms with Crippen molar-refractivity contribution >= 4 is 23.3 Å². The van der Waals surface area contributed by atoms with Gasteiger partial charge in [-0.1, -0.05) is 23.4 Å². The Balaban J connectivity index is 1.97. The number of carbonyl (C=O) groups is 2. The summed E-state index contributed by atoms with van der Waals surface area (Å²) < 4.78 is 32.9. The molecule has 1 fully saturated rings. The predicted octanol–water partition coefficient (Wildman–Crippen LogP) is 3.89. The smallest absolute Gasteiger partial charge is 0.301 e. The number of rotatable bonds is 3. The number of halogens is 2. The third-order valence-corrected chi connectivity index (χ3v) is 4.62. The van der Waals surface area contributed by atoms with Gasteiger partial charge in [-0.25, -0.2) is 8.78 Å². The number of aryl methyl sites for hydroxylation is 1. The van der Waals surface area contributed by atoms with Gasteiger partial charge >= 0.3 is 5.91 Å². The number of aliphatic hydroxyl groups excluding tert-OH is 1. The van der Waals surface area contributed by atoms with Crippen molar-refractivity contribution in [3.63, 3.8) is 0 Å². The van der Waals surface area contributed by atoms with Gasteiger partial charge in [-0.2, -0.15) is 0 Å². The van der Waals surface area contributed by atoms with Gasteiger partial charge in [0.25, 0.3) is 5.78 Å². The molecule has 1 aromatic heterocycles. The number of carbonyl (C=O) groups excluding carboxylic acids is 2. The van der Waals surface area contributed by atoms with E-state index in [9.17, 15) is 23.5 Å². The molecular formula is C21H14F2N2O4. The SMILES string of the molecule is Cc1cc(N2C(=O)C(=O)/C(=C(/O)c3ccc(F)cc3)C2c2ccccc2F)no1. The molecule has 4 rings (SSSR count). The van der Waals surface area contributed by atoms with Crippen molar-refractivity contribution in [1.82, 2.24) is 5.16 Å². The Hall–Kier alpha value is -3.81. The second kappa shape index (κ2) is 6.97. The zero-order valence-corrected chi connectivity index (χ0v) is 15.1. The Labute approximate surface area is 163 Å². The molecule has 1 unspecified atom stereocenters. The quantitative estimate of drug-likeness (QED) is 0.413. The molecule has 2 aromatic carbocycles. The second-order valence-electron chi connectivity index (χ2n) is 6.49. The molecule has 1 amide bonds. The van der Waals surface area contributed by atoms with Crippen molar-refractivity contribution < 1.29 is 28.0 Å². The van der Waals surface area contributed by atoms with E-state index in [-0.39, 0.29) is 22.5 Å². The Morgan fingerprint density at radius 3 is 2.41 bits per heavy atom. The number of aliphatic hydroxyl groups is 1. The number of benzene rings is 2. The molecule has 146 valence electrons. The highest BCUT2D eigenvalue weighted by atomic mass is 19.1. The minimum atomic E-state index is -1.27. The maximum absolute atomic E-state index is 14.6. The van der Waals surface area contributed by atoms with Crippen molar-refractivity contribution in [3.05, 3.63) is 88.7 Å². The summed E-state index contributed by atoms with van der Waals surface area (Å²) in [4.78, 5) is 26.6. The Kier molecular flexibility index (Phi) is 4.46. The molecule has 0 bridgehead atoms. The normalized spacial score (nSPS) is 18.4. The molecule has 6 nitrogen and oxygen atoms in total. The van der Waals surface area contributed by atoms with Crippen LogP contribution in [0.25, 0.3) is 5.76 Å². The standard InChI is InChI=1S/C21H14F2N2O4/c1-11-10-16(24-29-11)25-18(14-4-2-3-5-15(14)23)17(20(27)21(25)28)19(26)12-6-8-13(22)9-7-12/h2-10,18,26H,1H3/b19-17+.